The standard InChI is InChI=1S/C14H9FN2O/c15-11-5-3-9(4-6-11)12-8-10-2-1-7-16-13(10)17-14(12)18/h1-8H,(H,16,17,18). The fraction of sp³-hybridized carbons (Fsp3) is 0. The van der Waals surface area contributed by atoms with Gasteiger partial charge in [-0.05, 0) is 35.9 Å². The van der Waals surface area contributed by atoms with Gasteiger partial charge in [0.05, 0.1) is 0 Å². The molecule has 0 aliphatic carbocycles. The second-order valence-electron chi connectivity index (χ2n) is 3.96. The SMILES string of the molecule is O=c1[nH]c2ncccc2cc1-c1ccc(F)cc1. The molecule has 0 fully saturated rings. The first kappa shape index (κ1) is 10.7. The summed E-state index contributed by atoms with van der Waals surface area (Å²) in [6, 6.07) is 11.3. The molecule has 0 aliphatic rings. The number of aromatic amines is 1. The molecule has 88 valence electrons. The molecule has 0 atom stereocenters. The van der Waals surface area contributed by atoms with E-state index in [4.69, 9.17) is 0 Å². The van der Waals surface area contributed by atoms with E-state index < -0.39 is 0 Å². The third-order valence-corrected chi connectivity index (χ3v) is 2.77. The second kappa shape index (κ2) is 4.07. The Labute approximate surface area is 102 Å². The molecule has 3 nitrogen and oxygen atoms in total. The topological polar surface area (TPSA) is 45.8 Å². The van der Waals surface area contributed by atoms with Crippen LogP contribution < -0.4 is 5.56 Å². The molecule has 0 spiro atoms. The van der Waals surface area contributed by atoms with Crippen LogP contribution >= 0.6 is 0 Å². The van der Waals surface area contributed by atoms with Crippen LogP contribution in [0.1, 0.15) is 0 Å². The first-order chi connectivity index (χ1) is 8.74. The number of nitrogens with one attached hydrogen (secondary N) is 1. The van der Waals surface area contributed by atoms with E-state index in [1.165, 1.54) is 12.1 Å². The van der Waals surface area contributed by atoms with Crippen LogP contribution in [0.25, 0.3) is 22.2 Å². The van der Waals surface area contributed by atoms with Crippen molar-refractivity contribution in [3.05, 3.63) is 64.8 Å². The van der Waals surface area contributed by atoms with Gasteiger partial charge in [-0.15, -0.1) is 0 Å². The average Bonchev–Trinajstić information content (AvgIpc) is 2.39. The van der Waals surface area contributed by atoms with Crippen LogP contribution in [0.4, 0.5) is 4.39 Å². The number of hydrogen-bond donors (Lipinski definition) is 1. The summed E-state index contributed by atoms with van der Waals surface area (Å²) >= 11 is 0. The molecule has 2 aromatic heterocycles. The van der Waals surface area contributed by atoms with Gasteiger partial charge in [-0.1, -0.05) is 12.1 Å². The molecular weight excluding hydrogens is 231 g/mol. The van der Waals surface area contributed by atoms with Crippen LogP contribution in [0.15, 0.2) is 53.5 Å². The van der Waals surface area contributed by atoms with Crippen LogP contribution in [0.5, 0.6) is 0 Å². The van der Waals surface area contributed by atoms with Gasteiger partial charge in [0.25, 0.3) is 5.56 Å². The van der Waals surface area contributed by atoms with Crippen molar-refractivity contribution in [2.75, 3.05) is 0 Å². The molecule has 0 bridgehead atoms. The Hall–Kier alpha value is -2.49. The molecule has 3 rings (SSSR count). The molecular formula is C14H9FN2O. The summed E-state index contributed by atoms with van der Waals surface area (Å²) in [6.07, 6.45) is 1.62. The van der Waals surface area contributed by atoms with Crippen molar-refractivity contribution >= 4 is 11.0 Å². The van der Waals surface area contributed by atoms with Crippen LogP contribution in [-0.4, -0.2) is 9.97 Å². The lowest BCUT2D eigenvalue weighted by atomic mass is 10.1. The quantitative estimate of drug-likeness (QED) is 0.710. The third kappa shape index (κ3) is 1.78. The molecule has 0 radical (unpaired) electrons. The van der Waals surface area contributed by atoms with Crippen LogP contribution in [0.2, 0.25) is 0 Å². The van der Waals surface area contributed by atoms with Gasteiger partial charge in [0.1, 0.15) is 11.5 Å². The van der Waals surface area contributed by atoms with Crippen molar-refractivity contribution in [2.24, 2.45) is 0 Å². The lowest BCUT2D eigenvalue weighted by Gasteiger charge is -2.02. The van der Waals surface area contributed by atoms with E-state index in [0.717, 1.165) is 5.39 Å². The highest BCUT2D eigenvalue weighted by Crippen LogP contribution is 2.18. The van der Waals surface area contributed by atoms with E-state index in [1.807, 2.05) is 6.07 Å². The maximum Gasteiger partial charge on any atom is 0.257 e. The van der Waals surface area contributed by atoms with Gasteiger partial charge < -0.3 is 4.98 Å². The van der Waals surface area contributed by atoms with Gasteiger partial charge in [0.15, 0.2) is 0 Å². The summed E-state index contributed by atoms with van der Waals surface area (Å²) in [5, 5.41) is 0.844. The molecule has 0 amide bonds. The normalized spacial score (nSPS) is 10.7. The highest BCUT2D eigenvalue weighted by molar-refractivity contribution is 5.80. The fourth-order valence-electron chi connectivity index (χ4n) is 1.88. The summed E-state index contributed by atoms with van der Waals surface area (Å²) in [6.45, 7) is 0. The van der Waals surface area contributed by atoms with Gasteiger partial charge in [-0.25, -0.2) is 9.37 Å². The van der Waals surface area contributed by atoms with Crippen LogP contribution in [0.3, 0.4) is 0 Å². The number of rotatable bonds is 1. The minimum atomic E-state index is -0.322. The van der Waals surface area contributed by atoms with Gasteiger partial charge in [0, 0.05) is 17.1 Å². The molecule has 0 saturated heterocycles. The summed E-state index contributed by atoms with van der Waals surface area (Å²) < 4.78 is 12.9. The molecule has 18 heavy (non-hydrogen) atoms. The van der Waals surface area contributed by atoms with E-state index >= 15 is 0 Å². The Morgan fingerprint density at radius 3 is 2.67 bits per heavy atom. The van der Waals surface area contributed by atoms with E-state index in [9.17, 15) is 9.18 Å². The van der Waals surface area contributed by atoms with Gasteiger partial charge >= 0.3 is 0 Å². The largest absolute Gasteiger partial charge is 0.306 e. The van der Waals surface area contributed by atoms with Gasteiger partial charge in [-0.3, -0.25) is 4.79 Å². The van der Waals surface area contributed by atoms with Crippen molar-refractivity contribution in [1.82, 2.24) is 9.97 Å². The van der Waals surface area contributed by atoms with E-state index in [0.29, 0.717) is 16.8 Å². The number of benzene rings is 1. The fourth-order valence-corrected chi connectivity index (χ4v) is 1.88. The lowest BCUT2D eigenvalue weighted by molar-refractivity contribution is 0.628. The molecule has 4 heteroatoms. The number of halogens is 1. The number of aromatic nitrogens is 2. The highest BCUT2D eigenvalue weighted by atomic mass is 19.1. The maximum absolute atomic E-state index is 12.9. The van der Waals surface area contributed by atoms with E-state index in [2.05, 4.69) is 9.97 Å². The van der Waals surface area contributed by atoms with Crippen molar-refractivity contribution in [3.63, 3.8) is 0 Å². The number of fused-ring (bicyclic) bond motifs is 1. The zero-order valence-corrected chi connectivity index (χ0v) is 9.35. The molecule has 1 aromatic carbocycles. The zero-order valence-electron chi connectivity index (χ0n) is 9.35. The minimum Gasteiger partial charge on any atom is -0.306 e. The zero-order chi connectivity index (χ0) is 12.5. The predicted molar refractivity (Wildman–Crippen MR) is 67.8 cm³/mol. The van der Waals surface area contributed by atoms with Crippen molar-refractivity contribution in [1.29, 1.82) is 0 Å². The van der Waals surface area contributed by atoms with Crippen molar-refractivity contribution in [3.8, 4) is 11.1 Å². The Morgan fingerprint density at radius 1 is 1.11 bits per heavy atom. The Kier molecular flexibility index (Phi) is 2.41. The van der Waals surface area contributed by atoms with E-state index in [-0.39, 0.29) is 11.4 Å². The first-order valence-electron chi connectivity index (χ1n) is 5.48. The Balaban J connectivity index is 2.26. The maximum atomic E-state index is 12.9. The molecule has 0 saturated carbocycles. The molecule has 2 heterocycles. The molecule has 0 unspecified atom stereocenters. The minimum absolute atomic E-state index is 0.229. The predicted octanol–water partition coefficient (Wildman–Crippen LogP) is 2.73. The smallest absolute Gasteiger partial charge is 0.257 e. The average molecular weight is 240 g/mol. The summed E-state index contributed by atoms with van der Waals surface area (Å²) in [4.78, 5) is 18.7. The summed E-state index contributed by atoms with van der Waals surface area (Å²) in [5.74, 6) is -0.322. The number of pyridine rings is 2. The Morgan fingerprint density at radius 2 is 1.89 bits per heavy atom. The molecule has 0 aliphatic heterocycles. The number of H-pyrrole nitrogens is 1. The van der Waals surface area contributed by atoms with Gasteiger partial charge in [-0.2, -0.15) is 0 Å². The van der Waals surface area contributed by atoms with Crippen molar-refractivity contribution < 1.29 is 4.39 Å². The number of nitrogens with zero attached hydrogens (tertiary/aromatic N) is 1. The monoisotopic (exact) mass is 240 g/mol. The van der Waals surface area contributed by atoms with Crippen LogP contribution in [-0.2, 0) is 0 Å². The van der Waals surface area contributed by atoms with Gasteiger partial charge in [0.2, 0.25) is 0 Å². The molecule has 3 aromatic rings. The summed E-state index contributed by atoms with van der Waals surface area (Å²) in [7, 11) is 0. The van der Waals surface area contributed by atoms with Crippen molar-refractivity contribution in [2.45, 2.75) is 0 Å². The third-order valence-electron chi connectivity index (χ3n) is 2.77. The first-order valence-corrected chi connectivity index (χ1v) is 5.48. The van der Waals surface area contributed by atoms with E-state index in [1.54, 1.807) is 30.5 Å². The van der Waals surface area contributed by atoms with Crippen LogP contribution in [0, 0.1) is 5.82 Å². The molecule has 1 N–H and O–H groups in total. The summed E-state index contributed by atoms with van der Waals surface area (Å²) in [5.41, 5.74) is 1.51. The Bertz CT molecular complexity index is 763. The number of hydrogen-bond acceptors (Lipinski definition) is 2. The second-order valence-corrected chi connectivity index (χ2v) is 3.96. The highest BCUT2D eigenvalue weighted by Gasteiger charge is 2.05. The lowest BCUT2D eigenvalue weighted by Crippen LogP contribution is -2.09.